The summed E-state index contributed by atoms with van der Waals surface area (Å²) < 4.78 is 5.47. The number of piperidine rings is 1. The second-order valence-electron chi connectivity index (χ2n) is 5.42. The van der Waals surface area contributed by atoms with Crippen LogP contribution in [0.25, 0.3) is 0 Å². The number of rotatable bonds is 1. The van der Waals surface area contributed by atoms with Crippen LogP contribution in [0, 0.1) is 0 Å². The molecule has 2 heterocycles. The number of nitrogen functional groups attached to an aromatic ring is 1. The Kier molecular flexibility index (Phi) is 4.16. The number of nitrogens with two attached hydrogens (primary N) is 1. The molecule has 0 radical (unpaired) electrons. The molecular formula is C14H15Cl2N3O3. The van der Waals surface area contributed by atoms with Gasteiger partial charge in [0, 0.05) is 18.7 Å². The smallest absolute Gasteiger partial charge is 0.254 e. The highest BCUT2D eigenvalue weighted by Gasteiger charge is 2.36. The number of ether oxygens (including phenoxy) is 1. The van der Waals surface area contributed by atoms with Gasteiger partial charge in [-0.2, -0.15) is 0 Å². The fraction of sp³-hybridized carbons (Fsp3) is 0.429. The molecule has 1 aromatic carbocycles. The number of likely N-dealkylation sites (tertiary alicyclic amines) is 1. The first-order valence-electron chi connectivity index (χ1n) is 6.90. The first-order valence-corrected chi connectivity index (χ1v) is 7.66. The first kappa shape index (κ1) is 15.4. The van der Waals surface area contributed by atoms with Crippen molar-refractivity contribution in [2.24, 2.45) is 0 Å². The summed E-state index contributed by atoms with van der Waals surface area (Å²) >= 11 is 11.9. The lowest BCUT2D eigenvalue weighted by Crippen LogP contribution is -2.61. The predicted octanol–water partition coefficient (Wildman–Crippen LogP) is 1.31. The number of carbonyl (C=O) groups excluding carboxylic acids is 2. The fourth-order valence-corrected chi connectivity index (χ4v) is 3.26. The van der Waals surface area contributed by atoms with Crippen LogP contribution >= 0.6 is 23.2 Å². The summed E-state index contributed by atoms with van der Waals surface area (Å²) in [4.78, 5) is 25.6. The minimum Gasteiger partial charge on any atom is -0.396 e. The van der Waals surface area contributed by atoms with Crippen LogP contribution in [0.3, 0.4) is 0 Å². The fourth-order valence-electron chi connectivity index (χ4n) is 2.77. The van der Waals surface area contributed by atoms with E-state index in [-0.39, 0.29) is 46.3 Å². The van der Waals surface area contributed by atoms with Crippen LogP contribution in [0.2, 0.25) is 10.0 Å². The lowest BCUT2D eigenvalue weighted by atomic mass is 9.99. The Bertz CT molecular complexity index is 615. The first-order chi connectivity index (χ1) is 10.5. The van der Waals surface area contributed by atoms with Crippen molar-refractivity contribution >= 4 is 40.7 Å². The third-order valence-corrected chi connectivity index (χ3v) is 4.56. The van der Waals surface area contributed by atoms with E-state index in [1.165, 1.54) is 12.1 Å². The zero-order valence-electron chi connectivity index (χ0n) is 11.6. The van der Waals surface area contributed by atoms with E-state index in [2.05, 4.69) is 5.32 Å². The molecule has 0 aliphatic carbocycles. The van der Waals surface area contributed by atoms with Crippen LogP contribution in [0.5, 0.6) is 0 Å². The minimum absolute atomic E-state index is 0.0413. The van der Waals surface area contributed by atoms with Crippen molar-refractivity contribution in [2.45, 2.75) is 18.6 Å². The zero-order valence-corrected chi connectivity index (χ0v) is 13.2. The van der Waals surface area contributed by atoms with E-state index in [4.69, 9.17) is 33.7 Å². The molecule has 2 amide bonds. The Morgan fingerprint density at radius 1 is 1.36 bits per heavy atom. The minimum atomic E-state index is -0.193. The molecule has 0 unspecified atom stereocenters. The van der Waals surface area contributed by atoms with E-state index in [9.17, 15) is 9.59 Å². The van der Waals surface area contributed by atoms with Crippen molar-refractivity contribution in [3.8, 4) is 0 Å². The highest BCUT2D eigenvalue weighted by Crippen LogP contribution is 2.30. The number of hydrogen-bond acceptors (Lipinski definition) is 4. The quantitative estimate of drug-likeness (QED) is 0.753. The number of hydrogen-bond donors (Lipinski definition) is 2. The number of carbonyl (C=O) groups is 2. The molecule has 2 aliphatic rings. The maximum Gasteiger partial charge on any atom is 0.254 e. The number of morpholine rings is 1. The average Bonchev–Trinajstić information content (AvgIpc) is 2.50. The normalized spacial score (nSPS) is 24.6. The molecule has 0 saturated carbocycles. The number of amides is 2. The van der Waals surface area contributed by atoms with Crippen molar-refractivity contribution in [1.29, 1.82) is 0 Å². The molecule has 6 nitrogen and oxygen atoms in total. The molecule has 118 valence electrons. The van der Waals surface area contributed by atoms with E-state index >= 15 is 0 Å². The van der Waals surface area contributed by atoms with Gasteiger partial charge in [0.2, 0.25) is 5.91 Å². The Morgan fingerprint density at radius 3 is 2.73 bits per heavy atom. The lowest BCUT2D eigenvalue weighted by molar-refractivity contribution is -0.139. The van der Waals surface area contributed by atoms with Gasteiger partial charge < -0.3 is 20.7 Å². The van der Waals surface area contributed by atoms with Crippen LogP contribution in [0.1, 0.15) is 16.8 Å². The Hall–Kier alpha value is -1.50. The molecule has 0 bridgehead atoms. The standard InChI is InChI=1S/C14H15Cl2N3O3/c15-8-3-7(4-9(16)13(8)17)14(21)19-2-1-11-10(5-19)18-12(20)6-22-11/h3-4,10-11H,1-2,5-6,17H2,(H,18,20)/t10-,11+/m1/s1. The van der Waals surface area contributed by atoms with Gasteiger partial charge in [-0.25, -0.2) is 0 Å². The number of halogens is 2. The molecule has 8 heteroatoms. The summed E-state index contributed by atoms with van der Waals surface area (Å²) in [7, 11) is 0. The van der Waals surface area contributed by atoms with Gasteiger partial charge in [-0.3, -0.25) is 9.59 Å². The van der Waals surface area contributed by atoms with Crippen LogP contribution in [-0.2, 0) is 9.53 Å². The number of nitrogens with one attached hydrogen (secondary N) is 1. The summed E-state index contributed by atoms with van der Waals surface area (Å²) in [5.41, 5.74) is 6.32. The predicted molar refractivity (Wildman–Crippen MR) is 83.1 cm³/mol. The monoisotopic (exact) mass is 343 g/mol. The molecule has 2 fully saturated rings. The van der Waals surface area contributed by atoms with Gasteiger partial charge in [0.05, 0.1) is 27.9 Å². The number of fused-ring (bicyclic) bond motifs is 1. The molecule has 22 heavy (non-hydrogen) atoms. The second-order valence-corrected chi connectivity index (χ2v) is 6.23. The van der Waals surface area contributed by atoms with Crippen molar-refractivity contribution in [1.82, 2.24) is 10.2 Å². The molecule has 2 atom stereocenters. The van der Waals surface area contributed by atoms with E-state index < -0.39 is 0 Å². The summed E-state index contributed by atoms with van der Waals surface area (Å²) in [5.74, 6) is -0.351. The molecule has 3 rings (SSSR count). The number of anilines is 1. The number of nitrogens with zero attached hydrogens (tertiary/aromatic N) is 1. The SMILES string of the molecule is Nc1c(Cl)cc(C(=O)N2CC[C@@H]3OCC(=O)N[C@@H]3C2)cc1Cl. The van der Waals surface area contributed by atoms with E-state index in [1.54, 1.807) is 4.90 Å². The molecule has 2 saturated heterocycles. The van der Waals surface area contributed by atoms with E-state index in [0.717, 1.165) is 0 Å². The maximum atomic E-state index is 12.6. The van der Waals surface area contributed by atoms with Gasteiger partial charge in [-0.05, 0) is 18.6 Å². The van der Waals surface area contributed by atoms with E-state index in [1.807, 2.05) is 0 Å². The largest absolute Gasteiger partial charge is 0.396 e. The molecule has 0 aromatic heterocycles. The third-order valence-electron chi connectivity index (χ3n) is 3.94. The molecule has 2 aliphatic heterocycles. The molecule has 1 aromatic rings. The van der Waals surface area contributed by atoms with Crippen LogP contribution < -0.4 is 11.1 Å². The Morgan fingerprint density at radius 2 is 2.05 bits per heavy atom. The van der Waals surface area contributed by atoms with Crippen LogP contribution in [0.15, 0.2) is 12.1 Å². The van der Waals surface area contributed by atoms with Crippen molar-refractivity contribution in [3.63, 3.8) is 0 Å². The van der Waals surface area contributed by atoms with Crippen molar-refractivity contribution in [3.05, 3.63) is 27.7 Å². The van der Waals surface area contributed by atoms with Crippen molar-refractivity contribution in [2.75, 3.05) is 25.4 Å². The van der Waals surface area contributed by atoms with Gasteiger partial charge in [0.15, 0.2) is 0 Å². The summed E-state index contributed by atoms with van der Waals surface area (Å²) in [6, 6.07) is 2.83. The van der Waals surface area contributed by atoms with Crippen molar-refractivity contribution < 1.29 is 14.3 Å². The van der Waals surface area contributed by atoms with Gasteiger partial charge in [-0.1, -0.05) is 23.2 Å². The topological polar surface area (TPSA) is 84.7 Å². The lowest BCUT2D eigenvalue weighted by Gasteiger charge is -2.41. The second kappa shape index (κ2) is 5.95. The number of benzene rings is 1. The van der Waals surface area contributed by atoms with Gasteiger partial charge in [-0.15, -0.1) is 0 Å². The summed E-state index contributed by atoms with van der Waals surface area (Å²) in [5, 5.41) is 3.36. The zero-order chi connectivity index (χ0) is 15.9. The molecular weight excluding hydrogens is 329 g/mol. The van der Waals surface area contributed by atoms with Gasteiger partial charge in [0.25, 0.3) is 5.91 Å². The van der Waals surface area contributed by atoms with Crippen LogP contribution in [-0.4, -0.2) is 48.6 Å². The van der Waals surface area contributed by atoms with Gasteiger partial charge >= 0.3 is 0 Å². The highest BCUT2D eigenvalue weighted by molar-refractivity contribution is 6.39. The summed E-state index contributed by atoms with van der Waals surface area (Å²) in [6.07, 6.45) is 0.632. The molecule has 3 N–H and O–H groups in total. The Labute approximate surface area is 137 Å². The summed E-state index contributed by atoms with van der Waals surface area (Å²) in [6.45, 7) is 1.03. The Balaban J connectivity index is 1.77. The molecule has 0 spiro atoms. The van der Waals surface area contributed by atoms with E-state index in [0.29, 0.717) is 25.1 Å². The third kappa shape index (κ3) is 2.86. The maximum absolute atomic E-state index is 12.6. The average molecular weight is 344 g/mol. The van der Waals surface area contributed by atoms with Gasteiger partial charge in [0.1, 0.15) is 6.61 Å². The highest BCUT2D eigenvalue weighted by atomic mass is 35.5. The van der Waals surface area contributed by atoms with Crippen LogP contribution in [0.4, 0.5) is 5.69 Å².